The lowest BCUT2D eigenvalue weighted by Crippen LogP contribution is -2.23. The Kier molecular flexibility index (Phi) is 4.19. The summed E-state index contributed by atoms with van der Waals surface area (Å²) in [4.78, 5) is 4.70. The fourth-order valence-corrected chi connectivity index (χ4v) is 2.34. The summed E-state index contributed by atoms with van der Waals surface area (Å²) >= 11 is 3.54. The summed E-state index contributed by atoms with van der Waals surface area (Å²) < 4.78 is 6.41. The van der Waals surface area contributed by atoms with E-state index in [1.807, 2.05) is 19.2 Å². The van der Waals surface area contributed by atoms with Gasteiger partial charge in [0, 0.05) is 28.0 Å². The SMILES string of the molecule is CN[C@H](C)Cc1ccc2c(Br)ccc(OC)c2n1. The van der Waals surface area contributed by atoms with Crippen LogP contribution >= 0.6 is 15.9 Å². The molecule has 1 aromatic carbocycles. The highest BCUT2D eigenvalue weighted by Gasteiger charge is 2.09. The van der Waals surface area contributed by atoms with E-state index >= 15 is 0 Å². The summed E-state index contributed by atoms with van der Waals surface area (Å²) in [6, 6.07) is 8.49. The van der Waals surface area contributed by atoms with Crippen molar-refractivity contribution in [2.45, 2.75) is 19.4 Å². The van der Waals surface area contributed by atoms with Crippen LogP contribution in [0.5, 0.6) is 5.75 Å². The van der Waals surface area contributed by atoms with Crippen molar-refractivity contribution in [3.63, 3.8) is 0 Å². The van der Waals surface area contributed by atoms with Crippen molar-refractivity contribution in [2.75, 3.05) is 14.2 Å². The Morgan fingerprint density at radius 2 is 2.11 bits per heavy atom. The molecule has 0 aliphatic rings. The lowest BCUT2D eigenvalue weighted by atomic mass is 10.1. The summed E-state index contributed by atoms with van der Waals surface area (Å²) in [5.74, 6) is 0.812. The number of nitrogens with one attached hydrogen (secondary N) is 1. The zero-order chi connectivity index (χ0) is 13.1. The van der Waals surface area contributed by atoms with Gasteiger partial charge in [-0.05, 0) is 38.2 Å². The largest absolute Gasteiger partial charge is 0.494 e. The zero-order valence-electron chi connectivity index (χ0n) is 10.8. The second kappa shape index (κ2) is 5.67. The van der Waals surface area contributed by atoms with Gasteiger partial charge in [-0.25, -0.2) is 4.98 Å². The Morgan fingerprint density at radius 3 is 2.78 bits per heavy atom. The van der Waals surface area contributed by atoms with E-state index in [4.69, 9.17) is 9.72 Å². The van der Waals surface area contributed by atoms with Crippen LogP contribution in [-0.4, -0.2) is 25.2 Å². The minimum Gasteiger partial charge on any atom is -0.494 e. The van der Waals surface area contributed by atoms with Crippen molar-refractivity contribution in [3.8, 4) is 5.75 Å². The molecular formula is C14H17BrN2O. The lowest BCUT2D eigenvalue weighted by molar-refractivity contribution is 0.418. The van der Waals surface area contributed by atoms with Crippen LogP contribution in [0.25, 0.3) is 10.9 Å². The molecule has 4 heteroatoms. The predicted molar refractivity (Wildman–Crippen MR) is 78.2 cm³/mol. The van der Waals surface area contributed by atoms with Crippen LogP contribution in [0, 0.1) is 0 Å². The molecule has 1 aromatic heterocycles. The highest BCUT2D eigenvalue weighted by Crippen LogP contribution is 2.30. The number of aromatic nitrogens is 1. The lowest BCUT2D eigenvalue weighted by Gasteiger charge is -2.11. The van der Waals surface area contributed by atoms with Crippen molar-refractivity contribution in [1.82, 2.24) is 10.3 Å². The number of methoxy groups -OCH3 is 1. The highest BCUT2D eigenvalue weighted by molar-refractivity contribution is 9.10. The number of pyridine rings is 1. The van der Waals surface area contributed by atoms with Crippen LogP contribution in [-0.2, 0) is 6.42 Å². The Hall–Kier alpha value is -1.13. The molecule has 1 heterocycles. The molecule has 0 aliphatic heterocycles. The summed E-state index contributed by atoms with van der Waals surface area (Å²) in [5.41, 5.74) is 1.98. The van der Waals surface area contributed by atoms with E-state index in [0.717, 1.165) is 33.2 Å². The maximum Gasteiger partial charge on any atom is 0.145 e. The van der Waals surface area contributed by atoms with Crippen molar-refractivity contribution >= 4 is 26.8 Å². The third-order valence-corrected chi connectivity index (χ3v) is 3.74. The molecular weight excluding hydrogens is 292 g/mol. The molecule has 1 N–H and O–H groups in total. The molecule has 0 spiro atoms. The molecule has 2 aromatic rings. The number of benzene rings is 1. The van der Waals surface area contributed by atoms with Gasteiger partial charge >= 0.3 is 0 Å². The topological polar surface area (TPSA) is 34.1 Å². The molecule has 0 aliphatic carbocycles. The Labute approximate surface area is 116 Å². The fraction of sp³-hybridized carbons (Fsp3) is 0.357. The third-order valence-electron chi connectivity index (χ3n) is 3.05. The van der Waals surface area contributed by atoms with E-state index in [0.29, 0.717) is 6.04 Å². The van der Waals surface area contributed by atoms with Gasteiger partial charge in [-0.3, -0.25) is 0 Å². The second-order valence-corrected chi connectivity index (χ2v) is 5.20. The molecule has 0 fully saturated rings. The van der Waals surface area contributed by atoms with E-state index in [-0.39, 0.29) is 0 Å². The monoisotopic (exact) mass is 308 g/mol. The van der Waals surface area contributed by atoms with E-state index in [1.54, 1.807) is 7.11 Å². The first kappa shape index (κ1) is 13.3. The maximum absolute atomic E-state index is 5.37. The molecule has 18 heavy (non-hydrogen) atoms. The van der Waals surface area contributed by atoms with E-state index in [9.17, 15) is 0 Å². The first-order valence-electron chi connectivity index (χ1n) is 5.95. The van der Waals surface area contributed by atoms with Gasteiger partial charge in [0.1, 0.15) is 11.3 Å². The molecule has 0 bridgehead atoms. The first-order chi connectivity index (χ1) is 8.65. The van der Waals surface area contributed by atoms with Gasteiger partial charge < -0.3 is 10.1 Å². The molecule has 0 saturated heterocycles. The first-order valence-corrected chi connectivity index (χ1v) is 6.74. The minimum atomic E-state index is 0.410. The number of fused-ring (bicyclic) bond motifs is 1. The number of ether oxygens (including phenoxy) is 1. The number of nitrogens with zero attached hydrogens (tertiary/aromatic N) is 1. The number of hydrogen-bond donors (Lipinski definition) is 1. The van der Waals surface area contributed by atoms with Gasteiger partial charge in [-0.1, -0.05) is 15.9 Å². The Balaban J connectivity index is 2.49. The molecule has 0 radical (unpaired) electrons. The van der Waals surface area contributed by atoms with Crippen LogP contribution in [0.3, 0.4) is 0 Å². The fourth-order valence-electron chi connectivity index (χ4n) is 1.89. The van der Waals surface area contributed by atoms with Crippen LogP contribution < -0.4 is 10.1 Å². The molecule has 0 amide bonds. The van der Waals surface area contributed by atoms with Gasteiger partial charge in [0.05, 0.1) is 7.11 Å². The van der Waals surface area contributed by atoms with Crippen molar-refractivity contribution in [1.29, 1.82) is 0 Å². The van der Waals surface area contributed by atoms with Gasteiger partial charge in [0.2, 0.25) is 0 Å². The van der Waals surface area contributed by atoms with Gasteiger partial charge in [0.15, 0.2) is 0 Å². The molecule has 2 rings (SSSR count). The zero-order valence-corrected chi connectivity index (χ0v) is 12.4. The maximum atomic E-state index is 5.37. The molecule has 0 saturated carbocycles. The van der Waals surface area contributed by atoms with E-state index < -0.39 is 0 Å². The average molecular weight is 309 g/mol. The van der Waals surface area contributed by atoms with Crippen LogP contribution in [0.15, 0.2) is 28.7 Å². The van der Waals surface area contributed by atoms with E-state index in [1.165, 1.54) is 0 Å². The number of halogens is 1. The smallest absolute Gasteiger partial charge is 0.145 e. The van der Waals surface area contributed by atoms with E-state index in [2.05, 4.69) is 40.3 Å². The normalized spacial score (nSPS) is 12.7. The number of hydrogen-bond acceptors (Lipinski definition) is 3. The summed E-state index contributed by atoms with van der Waals surface area (Å²) in [6.07, 6.45) is 0.905. The van der Waals surface area contributed by atoms with Crippen LogP contribution in [0.4, 0.5) is 0 Å². The minimum absolute atomic E-state index is 0.410. The second-order valence-electron chi connectivity index (χ2n) is 4.34. The summed E-state index contributed by atoms with van der Waals surface area (Å²) in [7, 11) is 3.64. The molecule has 0 unspecified atom stereocenters. The van der Waals surface area contributed by atoms with Gasteiger partial charge in [-0.2, -0.15) is 0 Å². The van der Waals surface area contributed by atoms with Crippen LogP contribution in [0.2, 0.25) is 0 Å². The Morgan fingerprint density at radius 1 is 1.33 bits per heavy atom. The average Bonchev–Trinajstić information content (AvgIpc) is 2.39. The van der Waals surface area contributed by atoms with Gasteiger partial charge in [-0.15, -0.1) is 0 Å². The van der Waals surface area contributed by atoms with Crippen molar-refractivity contribution in [3.05, 3.63) is 34.4 Å². The quantitative estimate of drug-likeness (QED) is 0.942. The summed E-state index contributed by atoms with van der Waals surface area (Å²) in [5, 5.41) is 4.30. The van der Waals surface area contributed by atoms with Crippen molar-refractivity contribution in [2.24, 2.45) is 0 Å². The number of likely N-dealkylation sites (N-methyl/N-ethyl adjacent to an activating group) is 1. The van der Waals surface area contributed by atoms with Crippen LogP contribution in [0.1, 0.15) is 12.6 Å². The Bertz CT molecular complexity index is 557. The van der Waals surface area contributed by atoms with Gasteiger partial charge in [0.25, 0.3) is 0 Å². The predicted octanol–water partition coefficient (Wildman–Crippen LogP) is 3.16. The third kappa shape index (κ3) is 2.65. The van der Waals surface area contributed by atoms with Crippen molar-refractivity contribution < 1.29 is 4.74 Å². The summed E-state index contributed by atoms with van der Waals surface area (Å²) in [6.45, 7) is 2.14. The highest BCUT2D eigenvalue weighted by atomic mass is 79.9. The molecule has 3 nitrogen and oxygen atoms in total. The standard InChI is InChI=1S/C14H17BrN2O/c1-9(16-2)8-10-4-5-11-12(15)6-7-13(18-3)14(11)17-10/h4-7,9,16H,8H2,1-3H3/t9-/m1/s1. The number of rotatable bonds is 4. The molecule has 1 atom stereocenters. The molecule has 96 valence electrons.